The average molecular weight is 328 g/mol. The number of aliphatic hydroxyl groups is 3. The van der Waals surface area contributed by atoms with E-state index < -0.39 is 24.6 Å². The zero-order chi connectivity index (χ0) is 17.4. The monoisotopic (exact) mass is 328 g/mol. The average Bonchev–Trinajstić information content (AvgIpc) is 2.58. The van der Waals surface area contributed by atoms with Crippen molar-refractivity contribution < 1.29 is 20.1 Å². The topological polar surface area (TPSA) is 77.8 Å². The molecule has 0 heterocycles. The molecule has 4 heteroatoms. The van der Waals surface area contributed by atoms with E-state index in [2.05, 4.69) is 19.1 Å². The molecule has 0 saturated carbocycles. The highest BCUT2D eigenvalue weighted by Crippen LogP contribution is 2.13. The number of Topliss-reactive ketones (excluding diaryl/α,β-unsaturated/α-hetero) is 1. The molecule has 0 radical (unpaired) electrons. The number of aliphatic hydroxyl groups excluding tert-OH is 2. The first-order valence-corrected chi connectivity index (χ1v) is 9.23. The maximum Gasteiger partial charge on any atom is 0.169 e. The van der Waals surface area contributed by atoms with Crippen LogP contribution in [-0.2, 0) is 4.79 Å². The van der Waals surface area contributed by atoms with Gasteiger partial charge < -0.3 is 15.3 Å². The Morgan fingerprint density at radius 1 is 0.826 bits per heavy atom. The van der Waals surface area contributed by atoms with Gasteiger partial charge in [-0.2, -0.15) is 0 Å². The van der Waals surface area contributed by atoms with Crippen LogP contribution in [0.1, 0.15) is 84.0 Å². The lowest BCUT2D eigenvalue weighted by Crippen LogP contribution is -2.45. The predicted molar refractivity (Wildman–Crippen MR) is 94.3 cm³/mol. The number of carbonyl (C=O) groups excluding carboxylic acids is 1. The van der Waals surface area contributed by atoms with Crippen LogP contribution < -0.4 is 0 Å². The van der Waals surface area contributed by atoms with E-state index in [-0.39, 0.29) is 6.42 Å². The number of hydrogen-bond donors (Lipinski definition) is 3. The number of allylic oxidation sites excluding steroid dienone is 2. The molecule has 4 nitrogen and oxygen atoms in total. The lowest BCUT2D eigenvalue weighted by atomic mass is 9.95. The van der Waals surface area contributed by atoms with E-state index >= 15 is 0 Å². The zero-order valence-corrected chi connectivity index (χ0v) is 14.8. The Labute approximate surface area is 141 Å². The van der Waals surface area contributed by atoms with Gasteiger partial charge in [-0.15, -0.1) is 0 Å². The molecule has 136 valence electrons. The van der Waals surface area contributed by atoms with E-state index in [0.717, 1.165) is 25.7 Å². The molecular formula is C19H36O4. The second-order valence-corrected chi connectivity index (χ2v) is 6.40. The van der Waals surface area contributed by atoms with Gasteiger partial charge in [0.1, 0.15) is 0 Å². The molecule has 0 fully saturated rings. The third-order valence-electron chi connectivity index (χ3n) is 4.21. The fourth-order valence-corrected chi connectivity index (χ4v) is 2.46. The van der Waals surface area contributed by atoms with E-state index in [9.17, 15) is 9.90 Å². The van der Waals surface area contributed by atoms with Crippen LogP contribution in [0.15, 0.2) is 12.2 Å². The zero-order valence-electron chi connectivity index (χ0n) is 14.8. The molecule has 3 N–H and O–H groups in total. The van der Waals surface area contributed by atoms with Crippen molar-refractivity contribution in [3.8, 4) is 0 Å². The summed E-state index contributed by atoms with van der Waals surface area (Å²) in [5.74, 6) is -0.464. The van der Waals surface area contributed by atoms with Crippen molar-refractivity contribution in [2.24, 2.45) is 0 Å². The van der Waals surface area contributed by atoms with E-state index in [4.69, 9.17) is 10.2 Å². The first kappa shape index (κ1) is 22.3. The molecule has 0 aromatic carbocycles. The molecule has 0 aromatic rings. The summed E-state index contributed by atoms with van der Waals surface area (Å²) in [4.78, 5) is 11.6. The lowest BCUT2D eigenvalue weighted by molar-refractivity contribution is -0.146. The van der Waals surface area contributed by atoms with Crippen molar-refractivity contribution >= 4 is 5.78 Å². The SMILES string of the molecule is CCCCCC/C=C\CCCCCCCC(=O)C(O)(CO)CO. The number of ketones is 1. The van der Waals surface area contributed by atoms with Gasteiger partial charge in [-0.05, 0) is 32.1 Å². The highest BCUT2D eigenvalue weighted by Gasteiger charge is 2.33. The Bertz CT molecular complexity index is 308. The smallest absolute Gasteiger partial charge is 0.169 e. The summed E-state index contributed by atoms with van der Waals surface area (Å²) in [5, 5.41) is 27.5. The van der Waals surface area contributed by atoms with Crippen molar-refractivity contribution in [1.82, 2.24) is 0 Å². The van der Waals surface area contributed by atoms with Crippen molar-refractivity contribution in [2.75, 3.05) is 13.2 Å². The first-order valence-electron chi connectivity index (χ1n) is 9.23. The first-order chi connectivity index (χ1) is 11.1. The van der Waals surface area contributed by atoms with Gasteiger partial charge in [0, 0.05) is 6.42 Å². The van der Waals surface area contributed by atoms with Crippen LogP contribution in [0.4, 0.5) is 0 Å². The molecule has 0 aliphatic rings. The largest absolute Gasteiger partial charge is 0.393 e. The minimum atomic E-state index is -1.96. The maximum absolute atomic E-state index is 11.6. The van der Waals surface area contributed by atoms with Crippen molar-refractivity contribution in [3.63, 3.8) is 0 Å². The number of carbonyl (C=O) groups is 1. The minimum Gasteiger partial charge on any atom is -0.393 e. The highest BCUT2D eigenvalue weighted by atomic mass is 16.4. The molecule has 0 aliphatic heterocycles. The fourth-order valence-electron chi connectivity index (χ4n) is 2.46. The van der Waals surface area contributed by atoms with Crippen LogP contribution in [0.2, 0.25) is 0 Å². The van der Waals surface area contributed by atoms with Crippen LogP contribution in [0.25, 0.3) is 0 Å². The number of hydrogen-bond acceptors (Lipinski definition) is 4. The van der Waals surface area contributed by atoms with Crippen LogP contribution in [0, 0.1) is 0 Å². The van der Waals surface area contributed by atoms with Gasteiger partial charge in [-0.25, -0.2) is 0 Å². The Kier molecular flexibility index (Phi) is 14.4. The molecule has 0 amide bonds. The molecular weight excluding hydrogens is 292 g/mol. The fraction of sp³-hybridized carbons (Fsp3) is 0.842. The summed E-state index contributed by atoms with van der Waals surface area (Å²) < 4.78 is 0. The van der Waals surface area contributed by atoms with Crippen molar-refractivity contribution in [2.45, 2.75) is 89.6 Å². The summed E-state index contributed by atoms with van der Waals surface area (Å²) in [6.45, 7) is 0.797. The van der Waals surface area contributed by atoms with Gasteiger partial charge in [0.2, 0.25) is 0 Å². The Balaban J connectivity index is 3.43. The predicted octanol–water partition coefficient (Wildman–Crippen LogP) is 3.53. The van der Waals surface area contributed by atoms with Gasteiger partial charge in [0.15, 0.2) is 11.4 Å². The molecule has 0 aromatic heterocycles. The third-order valence-corrected chi connectivity index (χ3v) is 4.21. The molecule has 0 aliphatic carbocycles. The summed E-state index contributed by atoms with van der Waals surface area (Å²) in [6.07, 6.45) is 17.4. The standard InChI is InChI=1S/C19H36O4/c1-2-3-4-5-6-7-8-9-10-11-12-13-14-15-18(22)19(23,16-20)17-21/h7-8,20-21,23H,2-6,9-17H2,1H3/b8-7-. The van der Waals surface area contributed by atoms with Crippen molar-refractivity contribution in [3.05, 3.63) is 12.2 Å². The van der Waals surface area contributed by atoms with Crippen molar-refractivity contribution in [1.29, 1.82) is 0 Å². The Morgan fingerprint density at radius 2 is 1.30 bits per heavy atom. The van der Waals surface area contributed by atoms with E-state index in [1.165, 1.54) is 38.5 Å². The molecule has 0 atom stereocenters. The van der Waals surface area contributed by atoms with Crippen LogP contribution in [-0.4, -0.2) is 39.9 Å². The van der Waals surface area contributed by atoms with Crippen LogP contribution in [0.3, 0.4) is 0 Å². The van der Waals surface area contributed by atoms with Crippen LogP contribution >= 0.6 is 0 Å². The summed E-state index contributed by atoms with van der Waals surface area (Å²) in [6, 6.07) is 0. The summed E-state index contributed by atoms with van der Waals surface area (Å²) in [7, 11) is 0. The Hall–Kier alpha value is -0.710. The summed E-state index contributed by atoms with van der Waals surface area (Å²) >= 11 is 0. The van der Waals surface area contributed by atoms with Gasteiger partial charge in [-0.1, -0.05) is 57.6 Å². The second-order valence-electron chi connectivity index (χ2n) is 6.40. The van der Waals surface area contributed by atoms with Gasteiger partial charge in [0.25, 0.3) is 0 Å². The number of unbranched alkanes of at least 4 members (excludes halogenated alkanes) is 9. The molecule has 0 bridgehead atoms. The lowest BCUT2D eigenvalue weighted by Gasteiger charge is -2.21. The molecule has 0 saturated heterocycles. The minimum absolute atomic E-state index is 0.218. The third kappa shape index (κ3) is 11.5. The van der Waals surface area contributed by atoms with E-state index in [1.54, 1.807) is 0 Å². The Morgan fingerprint density at radius 3 is 1.83 bits per heavy atom. The number of rotatable bonds is 16. The van der Waals surface area contributed by atoms with Gasteiger partial charge >= 0.3 is 0 Å². The van der Waals surface area contributed by atoms with Gasteiger partial charge in [-0.3, -0.25) is 4.79 Å². The highest BCUT2D eigenvalue weighted by molar-refractivity contribution is 5.87. The maximum atomic E-state index is 11.6. The van der Waals surface area contributed by atoms with Gasteiger partial charge in [0.05, 0.1) is 13.2 Å². The molecule has 0 rings (SSSR count). The van der Waals surface area contributed by atoms with E-state index in [0.29, 0.717) is 6.42 Å². The quantitative estimate of drug-likeness (QED) is 0.299. The van der Waals surface area contributed by atoms with E-state index in [1.807, 2.05) is 0 Å². The normalized spacial score (nSPS) is 12.2. The molecule has 0 unspecified atom stereocenters. The second kappa shape index (κ2) is 14.9. The summed E-state index contributed by atoms with van der Waals surface area (Å²) in [5.41, 5.74) is -1.96. The molecule has 0 spiro atoms. The van der Waals surface area contributed by atoms with Crippen LogP contribution in [0.5, 0.6) is 0 Å². The molecule has 23 heavy (non-hydrogen) atoms.